The Morgan fingerprint density at radius 1 is 1.00 bits per heavy atom. The van der Waals surface area contributed by atoms with Gasteiger partial charge in [0.15, 0.2) is 0 Å². The minimum absolute atomic E-state index is 0.0280. The van der Waals surface area contributed by atoms with E-state index in [0.717, 1.165) is 11.3 Å². The summed E-state index contributed by atoms with van der Waals surface area (Å²) in [5.74, 6) is -0.792. The molecule has 3 rings (SSSR count). The van der Waals surface area contributed by atoms with Crippen molar-refractivity contribution in [1.29, 1.82) is 0 Å². The predicted octanol–water partition coefficient (Wildman–Crippen LogP) is 0.947. The average Bonchev–Trinajstić information content (AvgIpc) is 2.95. The second-order valence-corrected chi connectivity index (χ2v) is 9.10. The maximum atomic E-state index is 12.5. The molecule has 0 atom stereocenters. The van der Waals surface area contributed by atoms with Gasteiger partial charge in [0.2, 0.25) is 15.9 Å². The van der Waals surface area contributed by atoms with E-state index in [9.17, 15) is 22.8 Å². The van der Waals surface area contributed by atoms with Crippen molar-refractivity contribution in [3.05, 3.63) is 35.4 Å². The van der Waals surface area contributed by atoms with Crippen molar-refractivity contribution < 1.29 is 22.8 Å². The molecule has 0 aliphatic carbocycles. The van der Waals surface area contributed by atoms with Crippen LogP contribution in [-0.2, 0) is 14.8 Å². The molecule has 1 saturated heterocycles. The molecule has 0 unspecified atom stereocenters. The summed E-state index contributed by atoms with van der Waals surface area (Å²) in [5, 5.41) is 0. The molecule has 2 heterocycles. The van der Waals surface area contributed by atoms with Crippen LogP contribution in [0, 0.1) is 0 Å². The molecular formula is C19H25N3O5S. The summed E-state index contributed by atoms with van der Waals surface area (Å²) in [6, 6.07) is 6.62. The molecule has 8 nitrogen and oxygen atoms in total. The largest absolute Gasteiger partial charge is 0.340 e. The standard InChI is InChI=1S/C19H25N3O5S/c1-2-3-14-28(26,27)21-12-10-20(11-13-21)17(23)8-9-22-18(24)15-6-4-5-7-16(15)19(22)25/h4-7H,2-3,8-14H2,1H3. The highest BCUT2D eigenvalue weighted by Gasteiger charge is 2.35. The van der Waals surface area contributed by atoms with Gasteiger partial charge in [-0.05, 0) is 18.6 Å². The Labute approximate surface area is 165 Å². The van der Waals surface area contributed by atoms with Gasteiger partial charge in [0, 0.05) is 39.1 Å². The molecule has 0 saturated carbocycles. The summed E-state index contributed by atoms with van der Waals surface area (Å²) in [6.07, 6.45) is 1.48. The lowest BCUT2D eigenvalue weighted by Crippen LogP contribution is -2.51. The molecule has 1 aromatic rings. The van der Waals surface area contributed by atoms with Crippen molar-refractivity contribution in [2.75, 3.05) is 38.5 Å². The zero-order valence-corrected chi connectivity index (χ0v) is 16.8. The maximum Gasteiger partial charge on any atom is 0.261 e. The lowest BCUT2D eigenvalue weighted by molar-refractivity contribution is -0.132. The second kappa shape index (κ2) is 8.40. The molecule has 0 spiro atoms. The molecule has 1 fully saturated rings. The number of hydrogen-bond donors (Lipinski definition) is 0. The van der Waals surface area contributed by atoms with Crippen LogP contribution in [0.1, 0.15) is 46.9 Å². The number of hydrogen-bond acceptors (Lipinski definition) is 5. The Morgan fingerprint density at radius 3 is 2.11 bits per heavy atom. The molecule has 0 bridgehead atoms. The number of fused-ring (bicyclic) bond motifs is 1. The second-order valence-electron chi connectivity index (χ2n) is 7.01. The Morgan fingerprint density at radius 2 is 1.57 bits per heavy atom. The van der Waals surface area contributed by atoms with Gasteiger partial charge in [-0.25, -0.2) is 8.42 Å². The quantitative estimate of drug-likeness (QED) is 0.627. The summed E-state index contributed by atoms with van der Waals surface area (Å²) >= 11 is 0. The molecule has 9 heteroatoms. The molecule has 0 aromatic heterocycles. The summed E-state index contributed by atoms with van der Waals surface area (Å²) in [4.78, 5) is 39.9. The highest BCUT2D eigenvalue weighted by molar-refractivity contribution is 7.89. The van der Waals surface area contributed by atoms with Crippen LogP contribution in [0.15, 0.2) is 24.3 Å². The van der Waals surface area contributed by atoms with Crippen LogP contribution in [0.5, 0.6) is 0 Å². The van der Waals surface area contributed by atoms with E-state index in [0.29, 0.717) is 30.6 Å². The smallest absolute Gasteiger partial charge is 0.261 e. The van der Waals surface area contributed by atoms with E-state index >= 15 is 0 Å². The van der Waals surface area contributed by atoms with Crippen molar-refractivity contribution in [3.63, 3.8) is 0 Å². The van der Waals surface area contributed by atoms with Crippen LogP contribution < -0.4 is 0 Å². The van der Waals surface area contributed by atoms with Gasteiger partial charge in [-0.15, -0.1) is 0 Å². The molecule has 2 aliphatic heterocycles. The van der Waals surface area contributed by atoms with E-state index in [1.165, 1.54) is 4.31 Å². The van der Waals surface area contributed by atoms with Crippen LogP contribution in [0.2, 0.25) is 0 Å². The number of sulfonamides is 1. The van der Waals surface area contributed by atoms with Gasteiger partial charge < -0.3 is 4.90 Å². The molecule has 28 heavy (non-hydrogen) atoms. The fraction of sp³-hybridized carbons (Fsp3) is 0.526. The maximum absolute atomic E-state index is 12.5. The van der Waals surface area contributed by atoms with E-state index in [1.54, 1.807) is 29.2 Å². The van der Waals surface area contributed by atoms with Crippen molar-refractivity contribution in [1.82, 2.24) is 14.1 Å². The molecule has 0 radical (unpaired) electrons. The van der Waals surface area contributed by atoms with Gasteiger partial charge in [-0.1, -0.05) is 25.5 Å². The van der Waals surface area contributed by atoms with Crippen LogP contribution in [0.4, 0.5) is 0 Å². The van der Waals surface area contributed by atoms with Crippen molar-refractivity contribution in [2.24, 2.45) is 0 Å². The number of unbranched alkanes of at least 4 members (excludes halogenated alkanes) is 1. The number of rotatable bonds is 7. The van der Waals surface area contributed by atoms with Crippen LogP contribution in [0.3, 0.4) is 0 Å². The summed E-state index contributed by atoms with van der Waals surface area (Å²) in [5.41, 5.74) is 0.733. The fourth-order valence-electron chi connectivity index (χ4n) is 3.48. The van der Waals surface area contributed by atoms with Crippen molar-refractivity contribution in [3.8, 4) is 0 Å². The number of carbonyl (C=O) groups excluding carboxylic acids is 3. The number of benzene rings is 1. The highest BCUT2D eigenvalue weighted by atomic mass is 32.2. The van der Waals surface area contributed by atoms with E-state index in [4.69, 9.17) is 0 Å². The van der Waals surface area contributed by atoms with Crippen LogP contribution in [0.25, 0.3) is 0 Å². The fourth-order valence-corrected chi connectivity index (χ4v) is 5.11. The Hall–Kier alpha value is -2.26. The molecule has 3 amide bonds. The van der Waals surface area contributed by atoms with E-state index in [1.807, 2.05) is 6.92 Å². The average molecular weight is 407 g/mol. The van der Waals surface area contributed by atoms with Crippen molar-refractivity contribution in [2.45, 2.75) is 26.2 Å². The molecule has 0 N–H and O–H groups in total. The zero-order chi connectivity index (χ0) is 20.3. The van der Waals surface area contributed by atoms with Gasteiger partial charge >= 0.3 is 0 Å². The van der Waals surface area contributed by atoms with Gasteiger partial charge in [-0.3, -0.25) is 19.3 Å². The SMILES string of the molecule is CCCCS(=O)(=O)N1CCN(C(=O)CCN2C(=O)c3ccccc3C2=O)CC1. The normalized spacial score (nSPS) is 17.9. The van der Waals surface area contributed by atoms with Gasteiger partial charge in [-0.2, -0.15) is 4.31 Å². The number of amides is 3. The first kappa shape index (κ1) is 20.5. The van der Waals surface area contributed by atoms with Gasteiger partial charge in [0.1, 0.15) is 0 Å². The van der Waals surface area contributed by atoms with E-state index in [-0.39, 0.29) is 49.5 Å². The van der Waals surface area contributed by atoms with Crippen LogP contribution in [-0.4, -0.2) is 78.7 Å². The summed E-state index contributed by atoms with van der Waals surface area (Å²) in [6.45, 7) is 3.19. The van der Waals surface area contributed by atoms with Crippen molar-refractivity contribution >= 4 is 27.7 Å². The third-order valence-electron chi connectivity index (χ3n) is 5.17. The third-order valence-corrected chi connectivity index (χ3v) is 7.12. The molecule has 152 valence electrons. The van der Waals surface area contributed by atoms with Crippen LogP contribution >= 0.6 is 0 Å². The predicted molar refractivity (Wildman–Crippen MR) is 103 cm³/mol. The summed E-state index contributed by atoms with van der Waals surface area (Å²) < 4.78 is 25.9. The zero-order valence-electron chi connectivity index (χ0n) is 16.0. The van der Waals surface area contributed by atoms with Gasteiger partial charge in [0.05, 0.1) is 16.9 Å². The minimum Gasteiger partial charge on any atom is -0.340 e. The Balaban J connectivity index is 1.51. The third kappa shape index (κ3) is 4.10. The number of piperazine rings is 1. The molecular weight excluding hydrogens is 382 g/mol. The monoisotopic (exact) mass is 407 g/mol. The number of carbonyl (C=O) groups is 3. The minimum atomic E-state index is -3.27. The first-order valence-corrected chi connectivity index (χ1v) is 11.2. The lowest BCUT2D eigenvalue weighted by atomic mass is 10.1. The lowest BCUT2D eigenvalue weighted by Gasteiger charge is -2.34. The van der Waals surface area contributed by atoms with E-state index in [2.05, 4.69) is 0 Å². The summed E-state index contributed by atoms with van der Waals surface area (Å²) in [7, 11) is -3.27. The number of imide groups is 1. The highest BCUT2D eigenvalue weighted by Crippen LogP contribution is 2.22. The topological polar surface area (TPSA) is 95.1 Å². The first-order valence-electron chi connectivity index (χ1n) is 9.56. The van der Waals surface area contributed by atoms with E-state index < -0.39 is 10.0 Å². The first-order chi connectivity index (χ1) is 13.3. The Bertz CT molecular complexity index is 840. The molecule has 2 aliphatic rings. The number of nitrogens with zero attached hydrogens (tertiary/aromatic N) is 3. The van der Waals surface area contributed by atoms with Gasteiger partial charge in [0.25, 0.3) is 11.8 Å². The Kier molecular flexibility index (Phi) is 6.14. The molecule has 1 aromatic carbocycles.